The topological polar surface area (TPSA) is 156 Å². The summed E-state index contributed by atoms with van der Waals surface area (Å²) in [5.74, 6) is -3.20. The normalized spacial score (nSPS) is 20.8. The van der Waals surface area contributed by atoms with E-state index in [1.807, 2.05) is 0 Å². The van der Waals surface area contributed by atoms with Crippen LogP contribution in [0.25, 0.3) is 11.0 Å². The minimum atomic E-state index is -4.99. The molecule has 0 spiro atoms. The number of aliphatic hydroxyl groups excluding tert-OH is 2. The molecule has 2 aliphatic rings. The number of ether oxygens (including phenoxy) is 2. The highest BCUT2D eigenvalue weighted by atomic mass is 19.4. The summed E-state index contributed by atoms with van der Waals surface area (Å²) in [7, 11) is 1.29. The standard InChI is InChI=1S/C29H25F3N2O9/c1-41-21-9-14(12-36)8-16-22-17(26(38)33-6-7-35)11-19(23(37)25(22)43-24(16)21)34(13-29(30,31)32)27(39)18-10-15-4-2-3-5-20(15)42-28(18)40/h2-5,8-12,19,22-23,25,35,37H,6-7,13H2,1H3,(H,33,38)/t19-,22+,23+,25+/m1/s1. The van der Waals surface area contributed by atoms with Gasteiger partial charge in [0.2, 0.25) is 5.91 Å². The first kappa shape index (κ1) is 29.8. The van der Waals surface area contributed by atoms with E-state index in [1.165, 1.54) is 31.4 Å². The third kappa shape index (κ3) is 5.58. The number of halogens is 3. The highest BCUT2D eigenvalue weighted by Gasteiger charge is 2.53. The molecule has 3 N–H and O–H groups in total. The van der Waals surface area contributed by atoms with E-state index in [0.717, 1.165) is 12.1 Å². The first-order chi connectivity index (χ1) is 20.5. The van der Waals surface area contributed by atoms with Crippen molar-refractivity contribution >= 4 is 29.1 Å². The summed E-state index contributed by atoms with van der Waals surface area (Å²) in [6.07, 6.45) is -6.73. The molecule has 2 heterocycles. The molecule has 1 aliphatic carbocycles. The fourth-order valence-electron chi connectivity index (χ4n) is 5.43. The third-order valence-corrected chi connectivity index (χ3v) is 7.25. The van der Waals surface area contributed by atoms with Crippen molar-refractivity contribution in [1.82, 2.24) is 10.2 Å². The van der Waals surface area contributed by atoms with E-state index in [1.54, 1.807) is 12.1 Å². The molecule has 2 amide bonds. The zero-order valence-corrected chi connectivity index (χ0v) is 22.5. The van der Waals surface area contributed by atoms with Crippen LogP contribution < -0.4 is 20.4 Å². The Bertz CT molecular complexity index is 1680. The summed E-state index contributed by atoms with van der Waals surface area (Å²) < 4.78 is 58.2. The molecule has 1 aliphatic heterocycles. The molecule has 0 fully saturated rings. The molecule has 0 saturated carbocycles. The molecule has 3 aromatic rings. The number of fused-ring (bicyclic) bond motifs is 4. The van der Waals surface area contributed by atoms with Crippen LogP contribution >= 0.6 is 0 Å². The number of hydrogen-bond acceptors (Lipinski definition) is 9. The van der Waals surface area contributed by atoms with E-state index in [0.29, 0.717) is 6.29 Å². The predicted octanol–water partition coefficient (Wildman–Crippen LogP) is 1.94. The zero-order chi connectivity index (χ0) is 31.1. The molecule has 4 atom stereocenters. The number of hydrogen-bond donors (Lipinski definition) is 3. The van der Waals surface area contributed by atoms with Crippen LogP contribution in [0.2, 0.25) is 0 Å². The highest BCUT2D eigenvalue weighted by molar-refractivity contribution is 5.99. The lowest BCUT2D eigenvalue weighted by molar-refractivity contribution is -0.149. The van der Waals surface area contributed by atoms with Gasteiger partial charge >= 0.3 is 11.8 Å². The van der Waals surface area contributed by atoms with Gasteiger partial charge in [0.1, 0.15) is 36.2 Å². The Morgan fingerprint density at radius 1 is 1.19 bits per heavy atom. The first-order valence-corrected chi connectivity index (χ1v) is 13.0. The molecular formula is C29H25F3N2O9. The van der Waals surface area contributed by atoms with Gasteiger partial charge in [0.05, 0.1) is 25.7 Å². The molecule has 43 heavy (non-hydrogen) atoms. The summed E-state index contributed by atoms with van der Waals surface area (Å²) in [4.78, 5) is 51.5. The summed E-state index contributed by atoms with van der Waals surface area (Å²) in [5.41, 5.74) is -1.61. The highest BCUT2D eigenvalue weighted by Crippen LogP contribution is 2.51. The summed E-state index contributed by atoms with van der Waals surface area (Å²) >= 11 is 0. The number of aliphatic hydroxyl groups is 2. The minimum Gasteiger partial charge on any atom is -0.493 e. The number of nitrogens with one attached hydrogen (secondary N) is 1. The van der Waals surface area contributed by atoms with Gasteiger partial charge in [-0.05, 0) is 30.3 Å². The molecule has 1 aromatic heterocycles. The Hall–Kier alpha value is -4.69. The van der Waals surface area contributed by atoms with Crippen LogP contribution in [0.15, 0.2) is 63.3 Å². The summed E-state index contributed by atoms with van der Waals surface area (Å²) in [6.45, 7) is -2.56. The van der Waals surface area contributed by atoms with Crippen molar-refractivity contribution in [3.05, 3.63) is 81.2 Å². The van der Waals surface area contributed by atoms with Gasteiger partial charge in [0.15, 0.2) is 11.5 Å². The lowest BCUT2D eigenvalue weighted by Crippen LogP contribution is -2.57. The predicted molar refractivity (Wildman–Crippen MR) is 143 cm³/mol. The van der Waals surface area contributed by atoms with Gasteiger partial charge in [-0.3, -0.25) is 14.4 Å². The molecule has 0 radical (unpaired) electrons. The second kappa shape index (κ2) is 11.5. The van der Waals surface area contributed by atoms with Crippen LogP contribution in [0.1, 0.15) is 32.2 Å². The Labute approximate surface area is 241 Å². The van der Waals surface area contributed by atoms with Crippen LogP contribution in [-0.4, -0.2) is 84.4 Å². The van der Waals surface area contributed by atoms with Gasteiger partial charge in [0.25, 0.3) is 5.91 Å². The average Bonchev–Trinajstić information content (AvgIpc) is 3.37. The van der Waals surface area contributed by atoms with E-state index in [2.05, 4.69) is 5.32 Å². The number of amides is 2. The quantitative estimate of drug-likeness (QED) is 0.259. The molecule has 0 unspecified atom stereocenters. The number of rotatable bonds is 8. The Balaban J connectivity index is 1.65. The summed E-state index contributed by atoms with van der Waals surface area (Å²) in [5, 5.41) is 23.4. The van der Waals surface area contributed by atoms with Gasteiger partial charge in [-0.25, -0.2) is 4.79 Å². The Morgan fingerprint density at radius 3 is 2.60 bits per heavy atom. The lowest BCUT2D eigenvalue weighted by atomic mass is 9.77. The number of alkyl halides is 3. The largest absolute Gasteiger partial charge is 0.493 e. The van der Waals surface area contributed by atoms with E-state index >= 15 is 0 Å². The van der Waals surface area contributed by atoms with Crippen molar-refractivity contribution in [2.24, 2.45) is 0 Å². The smallest absolute Gasteiger partial charge is 0.406 e. The molecule has 5 rings (SSSR count). The van der Waals surface area contributed by atoms with E-state index < -0.39 is 66.5 Å². The molecule has 14 heteroatoms. The SMILES string of the molecule is COc1cc(C=O)cc2c1O[C@@H]1[C@@H](O)[C@H](N(CC(F)(F)F)C(=O)c3cc4ccccc4oc3=O)C=C(C(=O)NCCO)[C@H]21. The van der Waals surface area contributed by atoms with E-state index in [-0.39, 0.29) is 50.6 Å². The maximum Gasteiger partial charge on any atom is 0.406 e. The molecule has 11 nitrogen and oxygen atoms in total. The number of carbonyl (C=O) groups is 3. The van der Waals surface area contributed by atoms with Crippen molar-refractivity contribution in [2.45, 2.75) is 30.3 Å². The molecule has 0 bridgehead atoms. The molecule has 0 saturated heterocycles. The van der Waals surface area contributed by atoms with Gasteiger partial charge in [-0.2, -0.15) is 13.2 Å². The second-order valence-electron chi connectivity index (χ2n) is 9.94. The number of aldehydes is 1. The monoisotopic (exact) mass is 602 g/mol. The van der Waals surface area contributed by atoms with Crippen molar-refractivity contribution in [2.75, 3.05) is 26.8 Å². The van der Waals surface area contributed by atoms with Crippen molar-refractivity contribution < 1.29 is 51.7 Å². The van der Waals surface area contributed by atoms with Gasteiger partial charge in [-0.15, -0.1) is 0 Å². The third-order valence-electron chi connectivity index (χ3n) is 7.25. The van der Waals surface area contributed by atoms with Gasteiger partial charge in [0, 0.05) is 28.6 Å². The van der Waals surface area contributed by atoms with Crippen molar-refractivity contribution in [3.8, 4) is 11.5 Å². The Morgan fingerprint density at radius 2 is 1.93 bits per heavy atom. The van der Waals surface area contributed by atoms with Crippen LogP contribution in [0, 0.1) is 0 Å². The fourth-order valence-corrected chi connectivity index (χ4v) is 5.43. The molecule has 226 valence electrons. The van der Waals surface area contributed by atoms with E-state index in [4.69, 9.17) is 13.9 Å². The number of nitrogens with zero attached hydrogens (tertiary/aromatic N) is 1. The maximum atomic E-state index is 13.9. The summed E-state index contributed by atoms with van der Waals surface area (Å²) in [6, 6.07) is 8.11. The molecular weight excluding hydrogens is 577 g/mol. The van der Waals surface area contributed by atoms with Crippen LogP contribution in [-0.2, 0) is 4.79 Å². The first-order valence-electron chi connectivity index (χ1n) is 13.0. The minimum absolute atomic E-state index is 0.0486. The van der Waals surface area contributed by atoms with Gasteiger partial charge < -0.3 is 34.3 Å². The number of benzene rings is 2. The van der Waals surface area contributed by atoms with Gasteiger partial charge in [-0.1, -0.05) is 18.2 Å². The van der Waals surface area contributed by atoms with Crippen LogP contribution in [0.4, 0.5) is 13.2 Å². The number of carbonyl (C=O) groups excluding carboxylic acids is 3. The van der Waals surface area contributed by atoms with E-state index in [9.17, 15) is 42.6 Å². The Kier molecular flexibility index (Phi) is 7.99. The molecule has 2 aromatic carbocycles. The van der Waals surface area contributed by atoms with Crippen LogP contribution in [0.3, 0.4) is 0 Å². The average molecular weight is 603 g/mol. The van der Waals surface area contributed by atoms with Crippen molar-refractivity contribution in [1.29, 1.82) is 0 Å². The fraction of sp³-hybridized carbons (Fsp3) is 0.310. The zero-order valence-electron chi connectivity index (χ0n) is 22.5. The van der Waals surface area contributed by atoms with Crippen LogP contribution in [0.5, 0.6) is 11.5 Å². The number of methoxy groups -OCH3 is 1. The lowest BCUT2D eigenvalue weighted by Gasteiger charge is -2.40. The maximum absolute atomic E-state index is 13.9. The van der Waals surface area contributed by atoms with Crippen molar-refractivity contribution in [3.63, 3.8) is 0 Å². The second-order valence-corrected chi connectivity index (χ2v) is 9.94. The number of para-hydroxylation sites is 1.